The van der Waals surface area contributed by atoms with Crippen LogP contribution in [0.2, 0.25) is 0 Å². The molecule has 2 aromatic carbocycles. The molecule has 0 radical (unpaired) electrons. The Morgan fingerprint density at radius 3 is 2.45 bits per heavy atom. The van der Waals surface area contributed by atoms with Crippen LogP contribution < -0.4 is 4.74 Å². The Kier molecular flexibility index (Phi) is 7.92. The Hall–Kier alpha value is -3.12. The van der Waals surface area contributed by atoms with Crippen LogP contribution in [0, 0.1) is 12.8 Å². The van der Waals surface area contributed by atoms with Crippen LogP contribution in [-0.4, -0.2) is 47.6 Å². The highest BCUT2D eigenvalue weighted by Gasteiger charge is 2.45. The zero-order chi connectivity index (χ0) is 24.1. The first-order valence-electron chi connectivity index (χ1n) is 11.4. The molecular weight excluding hydrogens is 418 g/mol. The van der Waals surface area contributed by atoms with Crippen molar-refractivity contribution in [2.75, 3.05) is 19.8 Å². The molecule has 6 heteroatoms. The smallest absolute Gasteiger partial charge is 0.295 e. The molecule has 1 saturated heterocycles. The summed E-state index contributed by atoms with van der Waals surface area (Å²) in [7, 11) is 0. The van der Waals surface area contributed by atoms with Gasteiger partial charge < -0.3 is 19.5 Å². The average molecular weight is 452 g/mol. The molecule has 33 heavy (non-hydrogen) atoms. The maximum absolute atomic E-state index is 13.1. The summed E-state index contributed by atoms with van der Waals surface area (Å²) in [6.07, 6.45) is 0.00724. The predicted octanol–water partition coefficient (Wildman–Crippen LogP) is 4.88. The minimum absolute atomic E-state index is 0.00724. The number of aliphatic hydroxyl groups is 1. The van der Waals surface area contributed by atoms with Crippen LogP contribution in [0.5, 0.6) is 5.75 Å². The van der Waals surface area contributed by atoms with E-state index in [1.54, 1.807) is 24.3 Å². The van der Waals surface area contributed by atoms with Crippen molar-refractivity contribution in [3.8, 4) is 5.75 Å². The molecule has 1 atom stereocenters. The van der Waals surface area contributed by atoms with Crippen LogP contribution in [0.25, 0.3) is 5.76 Å². The molecule has 3 rings (SSSR count). The number of benzene rings is 2. The van der Waals surface area contributed by atoms with Crippen molar-refractivity contribution in [2.24, 2.45) is 5.92 Å². The number of amides is 1. The lowest BCUT2D eigenvalue weighted by molar-refractivity contribution is -0.140. The summed E-state index contributed by atoms with van der Waals surface area (Å²) in [6.45, 7) is 11.0. The molecule has 0 saturated carbocycles. The third kappa shape index (κ3) is 5.82. The molecule has 0 aliphatic carbocycles. The molecule has 2 aromatic rings. The van der Waals surface area contributed by atoms with Crippen LogP contribution in [0.4, 0.5) is 0 Å². The Bertz CT molecular complexity index is 1040. The average Bonchev–Trinajstić information content (AvgIpc) is 3.02. The molecule has 1 aliphatic rings. The number of carbonyl (C=O) groups is 2. The second-order valence-electron chi connectivity index (χ2n) is 9.06. The summed E-state index contributed by atoms with van der Waals surface area (Å²) in [4.78, 5) is 27.6. The van der Waals surface area contributed by atoms with E-state index in [4.69, 9.17) is 9.47 Å². The summed E-state index contributed by atoms with van der Waals surface area (Å²) in [5.74, 6) is -0.594. The first-order chi connectivity index (χ1) is 15.7. The van der Waals surface area contributed by atoms with E-state index in [1.165, 1.54) is 4.90 Å². The van der Waals surface area contributed by atoms with Crippen molar-refractivity contribution in [3.05, 3.63) is 70.8 Å². The van der Waals surface area contributed by atoms with Crippen molar-refractivity contribution in [1.82, 2.24) is 4.90 Å². The normalized spacial score (nSPS) is 17.9. The fraction of sp³-hybridized carbons (Fsp3) is 0.407. The molecule has 1 amide bonds. The molecule has 6 nitrogen and oxygen atoms in total. The monoisotopic (exact) mass is 451 g/mol. The Labute approximate surface area is 195 Å². The summed E-state index contributed by atoms with van der Waals surface area (Å²) in [6, 6.07) is 13.9. The van der Waals surface area contributed by atoms with E-state index < -0.39 is 17.7 Å². The SMILES string of the molecule is Cc1cccc(C2/C(=C(/O)c3cccc(OCC(C)C)c3)C(=O)C(=O)N2CCOC(C)C)c1. The largest absolute Gasteiger partial charge is 0.507 e. The van der Waals surface area contributed by atoms with E-state index in [0.29, 0.717) is 30.4 Å². The fourth-order valence-electron chi connectivity index (χ4n) is 3.84. The summed E-state index contributed by atoms with van der Waals surface area (Å²) in [5, 5.41) is 11.2. The molecule has 1 aliphatic heterocycles. The maximum Gasteiger partial charge on any atom is 0.295 e. The molecule has 1 unspecified atom stereocenters. The van der Waals surface area contributed by atoms with E-state index in [0.717, 1.165) is 11.1 Å². The summed E-state index contributed by atoms with van der Waals surface area (Å²) >= 11 is 0. The van der Waals surface area contributed by atoms with Gasteiger partial charge in [0.25, 0.3) is 11.7 Å². The van der Waals surface area contributed by atoms with E-state index in [9.17, 15) is 14.7 Å². The second kappa shape index (κ2) is 10.7. The molecule has 176 valence electrons. The third-order valence-corrected chi connectivity index (χ3v) is 5.37. The van der Waals surface area contributed by atoms with Crippen LogP contribution in [0.15, 0.2) is 54.1 Å². The Morgan fingerprint density at radius 1 is 1.06 bits per heavy atom. The van der Waals surface area contributed by atoms with Gasteiger partial charge in [0.1, 0.15) is 11.5 Å². The van der Waals surface area contributed by atoms with Gasteiger partial charge in [-0.25, -0.2) is 0 Å². The number of aliphatic hydroxyl groups excluding tert-OH is 1. The zero-order valence-corrected chi connectivity index (χ0v) is 20.0. The maximum atomic E-state index is 13.1. The Morgan fingerprint density at radius 2 is 1.79 bits per heavy atom. The van der Waals surface area contributed by atoms with Gasteiger partial charge in [0.2, 0.25) is 0 Å². The zero-order valence-electron chi connectivity index (χ0n) is 20.0. The van der Waals surface area contributed by atoms with Crippen molar-refractivity contribution < 1.29 is 24.2 Å². The quantitative estimate of drug-likeness (QED) is 0.334. The van der Waals surface area contributed by atoms with Gasteiger partial charge in [-0.1, -0.05) is 55.8 Å². The first kappa shape index (κ1) is 24.5. The van der Waals surface area contributed by atoms with Gasteiger partial charge in [-0.05, 0) is 44.4 Å². The van der Waals surface area contributed by atoms with E-state index in [-0.39, 0.29) is 24.0 Å². The second-order valence-corrected chi connectivity index (χ2v) is 9.06. The molecule has 1 fully saturated rings. The van der Waals surface area contributed by atoms with Crippen molar-refractivity contribution in [2.45, 2.75) is 46.8 Å². The Balaban J connectivity index is 2.05. The van der Waals surface area contributed by atoms with Crippen molar-refractivity contribution >= 4 is 17.4 Å². The number of likely N-dealkylation sites (tertiary alicyclic amines) is 1. The molecule has 0 aromatic heterocycles. The molecule has 0 bridgehead atoms. The highest BCUT2D eigenvalue weighted by atomic mass is 16.5. The van der Waals surface area contributed by atoms with Crippen LogP contribution >= 0.6 is 0 Å². The highest BCUT2D eigenvalue weighted by molar-refractivity contribution is 6.46. The van der Waals surface area contributed by atoms with Crippen LogP contribution in [-0.2, 0) is 14.3 Å². The number of ether oxygens (including phenoxy) is 2. The lowest BCUT2D eigenvalue weighted by atomic mass is 9.94. The van der Waals surface area contributed by atoms with Crippen LogP contribution in [0.1, 0.15) is 50.4 Å². The minimum atomic E-state index is -0.697. The lowest BCUT2D eigenvalue weighted by Gasteiger charge is -2.26. The standard InChI is InChI=1S/C27H33NO5/c1-17(2)16-33-22-11-7-10-21(15-22)25(29)23-24(20-9-6-8-19(5)14-20)28(27(31)26(23)30)12-13-32-18(3)4/h6-11,14-15,17-18,24,29H,12-13,16H2,1-5H3/b25-23-. The molecular formula is C27H33NO5. The number of ketones is 1. The number of nitrogens with zero attached hydrogens (tertiary/aromatic N) is 1. The molecule has 1 heterocycles. The van der Waals surface area contributed by atoms with Gasteiger partial charge in [-0.2, -0.15) is 0 Å². The molecule has 0 spiro atoms. The first-order valence-corrected chi connectivity index (χ1v) is 11.4. The predicted molar refractivity (Wildman–Crippen MR) is 128 cm³/mol. The number of aryl methyl sites for hydroxylation is 1. The van der Waals surface area contributed by atoms with Gasteiger partial charge in [0.15, 0.2) is 0 Å². The summed E-state index contributed by atoms with van der Waals surface area (Å²) < 4.78 is 11.4. The van der Waals surface area contributed by atoms with Crippen molar-refractivity contribution in [3.63, 3.8) is 0 Å². The van der Waals surface area contributed by atoms with Crippen LogP contribution in [0.3, 0.4) is 0 Å². The lowest BCUT2D eigenvalue weighted by Crippen LogP contribution is -2.33. The number of hydrogen-bond donors (Lipinski definition) is 1. The minimum Gasteiger partial charge on any atom is -0.507 e. The van der Waals surface area contributed by atoms with E-state index in [2.05, 4.69) is 13.8 Å². The van der Waals surface area contributed by atoms with Gasteiger partial charge in [0, 0.05) is 12.1 Å². The topological polar surface area (TPSA) is 76.1 Å². The number of hydrogen-bond acceptors (Lipinski definition) is 5. The number of carbonyl (C=O) groups excluding carboxylic acids is 2. The highest BCUT2D eigenvalue weighted by Crippen LogP contribution is 2.39. The van der Waals surface area contributed by atoms with Gasteiger partial charge in [0.05, 0.1) is 30.9 Å². The van der Waals surface area contributed by atoms with E-state index >= 15 is 0 Å². The number of rotatable bonds is 9. The third-order valence-electron chi connectivity index (χ3n) is 5.37. The number of Topliss-reactive ketones (excluding diaryl/α,β-unsaturated/α-hetero) is 1. The van der Waals surface area contributed by atoms with Gasteiger partial charge >= 0.3 is 0 Å². The van der Waals surface area contributed by atoms with E-state index in [1.807, 2.05) is 45.0 Å². The van der Waals surface area contributed by atoms with Crippen molar-refractivity contribution in [1.29, 1.82) is 0 Å². The van der Waals surface area contributed by atoms with Gasteiger partial charge in [-0.3, -0.25) is 9.59 Å². The molecule has 1 N–H and O–H groups in total. The fourth-order valence-corrected chi connectivity index (χ4v) is 3.84. The van der Waals surface area contributed by atoms with Gasteiger partial charge in [-0.15, -0.1) is 0 Å². The summed E-state index contributed by atoms with van der Waals surface area (Å²) in [5.41, 5.74) is 2.29.